The Morgan fingerprint density at radius 1 is 0.429 bits per heavy atom. The smallest absolute Gasteiger partial charge is 0.139 e. The van der Waals surface area contributed by atoms with Gasteiger partial charge < -0.3 is 8.83 Å². The first-order valence-electron chi connectivity index (χ1n) is 17.6. The molecule has 0 unspecified atom stereocenters. The molecule has 42 heavy (non-hydrogen) atoms. The Morgan fingerprint density at radius 3 is 1.67 bits per heavy atom. The minimum absolute atomic E-state index is 0.183. The first kappa shape index (κ1) is 16.6. The quantitative estimate of drug-likeness (QED) is 0.207. The van der Waals surface area contributed by atoms with Gasteiger partial charge in [-0.15, -0.1) is 0 Å². The van der Waals surface area contributed by atoms with E-state index in [-0.39, 0.29) is 45.7 Å². The van der Waals surface area contributed by atoms with E-state index >= 15 is 0 Å². The molecule has 7 aromatic carbocycles. The predicted octanol–water partition coefficient (Wildman–Crippen LogP) is 11.6. The molecule has 2 aromatic heterocycles. The van der Waals surface area contributed by atoms with E-state index in [2.05, 4.69) is 6.07 Å². The lowest BCUT2D eigenvalue weighted by atomic mass is 9.86. The lowest BCUT2D eigenvalue weighted by Gasteiger charge is -2.17. The summed E-state index contributed by atoms with van der Waals surface area (Å²) >= 11 is 0. The van der Waals surface area contributed by atoms with Crippen LogP contribution in [0.25, 0.3) is 87.8 Å². The van der Waals surface area contributed by atoms with E-state index in [1.165, 1.54) is 0 Å². The fraction of sp³-hybridized carbons (Fsp3) is 0. The van der Waals surface area contributed by atoms with Gasteiger partial charge in [-0.2, -0.15) is 0 Å². The second-order valence-electron chi connectivity index (χ2n) is 10.3. The molecule has 9 rings (SSSR count). The summed E-state index contributed by atoms with van der Waals surface area (Å²) in [5.41, 5.74) is 5.60. The largest absolute Gasteiger partial charge is 0.464 e. The van der Waals surface area contributed by atoms with E-state index in [1.807, 2.05) is 60.7 Å². The Balaban J connectivity index is 1.35. The van der Waals surface area contributed by atoms with E-state index in [4.69, 9.17) is 19.8 Å². The van der Waals surface area contributed by atoms with Crippen molar-refractivity contribution >= 4 is 54.5 Å². The number of furan rings is 2. The first-order chi connectivity index (χ1) is 24.2. The maximum atomic E-state index is 9.12. The van der Waals surface area contributed by atoms with E-state index < -0.39 is 24.2 Å². The fourth-order valence-corrected chi connectivity index (χ4v) is 6.09. The predicted molar refractivity (Wildman–Crippen MR) is 175 cm³/mol. The molecule has 2 heteroatoms. The number of benzene rings is 7. The average Bonchev–Trinajstić information content (AvgIpc) is 3.73. The highest BCUT2D eigenvalue weighted by Gasteiger charge is 2.17. The van der Waals surface area contributed by atoms with Crippen LogP contribution in [0.2, 0.25) is 0 Å². The van der Waals surface area contributed by atoms with Crippen molar-refractivity contribution < 1.29 is 19.8 Å². The summed E-state index contributed by atoms with van der Waals surface area (Å²) in [6, 6.07) is 25.3. The van der Waals surface area contributed by atoms with Crippen LogP contribution in [0, 0.1) is 0 Å². The summed E-state index contributed by atoms with van der Waals surface area (Å²) < 4.78 is 82.8. The Kier molecular flexibility index (Phi) is 3.54. The van der Waals surface area contributed by atoms with Gasteiger partial charge in [0.2, 0.25) is 0 Å². The van der Waals surface area contributed by atoms with Crippen LogP contribution in [-0.4, -0.2) is 0 Å². The topological polar surface area (TPSA) is 26.3 Å². The zero-order valence-corrected chi connectivity index (χ0v) is 22.1. The standard InChI is InChI=1S/C40H24O2/c1-2-10-26(11-3-1)39-29-13-4-6-15-31(29)40(32-16-7-5-14-30(32)39)27-20-18-25(19-21-27)35-24-41-37-23-38-33(22-34(35)37)28-12-8-9-17-36(28)42-38/h1-24H/i4D,5D,6D,7D,13D,14D,15D,16D. The Labute approximate surface area is 253 Å². The fourth-order valence-electron chi connectivity index (χ4n) is 6.09. The van der Waals surface area contributed by atoms with E-state index in [1.54, 1.807) is 30.5 Å². The summed E-state index contributed by atoms with van der Waals surface area (Å²) in [7, 11) is 0. The summed E-state index contributed by atoms with van der Waals surface area (Å²) in [5.74, 6) is 0. The SMILES string of the molecule is [2H]c1c([2H])c([2H])c2c(-c3ccc(-c4coc5cc6oc7ccccc7c6cc45)cc3)c3c([2H])c([2H])c([2H])c([2H])c3c(-c3ccccc3)c2c1[2H]. The molecule has 0 amide bonds. The highest BCUT2D eigenvalue weighted by atomic mass is 16.3. The maximum Gasteiger partial charge on any atom is 0.139 e. The van der Waals surface area contributed by atoms with Crippen molar-refractivity contribution in [1.82, 2.24) is 0 Å². The molecule has 0 N–H and O–H groups in total. The normalized spacial score (nSPS) is 14.5. The first-order valence-corrected chi connectivity index (χ1v) is 13.6. The number of fused-ring (bicyclic) bond motifs is 6. The third kappa shape index (κ3) is 3.39. The molecule has 0 radical (unpaired) electrons. The molecule has 0 aliphatic rings. The third-order valence-corrected chi connectivity index (χ3v) is 7.99. The molecule has 0 saturated heterocycles. The molecule has 9 aromatic rings. The van der Waals surface area contributed by atoms with Crippen LogP contribution in [0.5, 0.6) is 0 Å². The molecule has 2 heterocycles. The third-order valence-electron chi connectivity index (χ3n) is 7.99. The van der Waals surface area contributed by atoms with Crippen molar-refractivity contribution in [3.63, 3.8) is 0 Å². The minimum Gasteiger partial charge on any atom is -0.464 e. The van der Waals surface area contributed by atoms with Gasteiger partial charge in [-0.05, 0) is 61.5 Å². The summed E-state index contributed by atoms with van der Waals surface area (Å²) in [6.45, 7) is 0. The van der Waals surface area contributed by atoms with Gasteiger partial charge in [0.25, 0.3) is 0 Å². The van der Waals surface area contributed by atoms with Crippen molar-refractivity contribution in [1.29, 1.82) is 0 Å². The number of hydrogen-bond acceptors (Lipinski definition) is 2. The van der Waals surface area contributed by atoms with E-state index in [0.717, 1.165) is 38.5 Å². The van der Waals surface area contributed by atoms with Gasteiger partial charge in [0.05, 0.1) is 17.2 Å². The molecule has 2 nitrogen and oxygen atoms in total. The molecule has 0 atom stereocenters. The van der Waals surface area contributed by atoms with Crippen LogP contribution in [0.3, 0.4) is 0 Å². The van der Waals surface area contributed by atoms with Crippen LogP contribution in [0.15, 0.2) is 154 Å². The number of rotatable bonds is 3. The molecule has 0 saturated carbocycles. The van der Waals surface area contributed by atoms with Gasteiger partial charge in [-0.3, -0.25) is 0 Å². The van der Waals surface area contributed by atoms with E-state index in [0.29, 0.717) is 27.8 Å². The van der Waals surface area contributed by atoms with E-state index in [9.17, 15) is 0 Å². The average molecular weight is 545 g/mol. The van der Waals surface area contributed by atoms with Crippen molar-refractivity contribution in [3.05, 3.63) is 146 Å². The second kappa shape index (κ2) is 8.95. The van der Waals surface area contributed by atoms with Crippen LogP contribution in [0.4, 0.5) is 0 Å². The molecule has 196 valence electrons. The molecule has 0 bridgehead atoms. The van der Waals surface area contributed by atoms with Crippen molar-refractivity contribution in [2.24, 2.45) is 0 Å². The van der Waals surface area contributed by atoms with Gasteiger partial charge in [0, 0.05) is 27.8 Å². The molecular weight excluding hydrogens is 512 g/mol. The van der Waals surface area contributed by atoms with Gasteiger partial charge in [-0.1, -0.05) is 121 Å². The summed E-state index contributed by atoms with van der Waals surface area (Å²) in [4.78, 5) is 0. The molecule has 0 fully saturated rings. The summed E-state index contributed by atoms with van der Waals surface area (Å²) in [6.07, 6.45) is 1.69. The molecular formula is C40H24O2. The zero-order chi connectivity index (χ0) is 34.6. The lowest BCUT2D eigenvalue weighted by Crippen LogP contribution is -1.90. The van der Waals surface area contributed by atoms with Gasteiger partial charge in [0.15, 0.2) is 0 Å². The molecule has 0 aliphatic carbocycles. The maximum absolute atomic E-state index is 9.12. The monoisotopic (exact) mass is 544 g/mol. The number of hydrogen-bond donors (Lipinski definition) is 0. The highest BCUT2D eigenvalue weighted by Crippen LogP contribution is 2.44. The number of para-hydroxylation sites is 1. The van der Waals surface area contributed by atoms with Gasteiger partial charge in [0.1, 0.15) is 16.7 Å². The van der Waals surface area contributed by atoms with Gasteiger partial charge in [-0.25, -0.2) is 0 Å². The minimum atomic E-state index is -0.428. The zero-order valence-electron chi connectivity index (χ0n) is 30.1. The summed E-state index contributed by atoms with van der Waals surface area (Å²) in [5, 5.41) is 3.60. The van der Waals surface area contributed by atoms with Crippen molar-refractivity contribution in [3.8, 4) is 33.4 Å². The van der Waals surface area contributed by atoms with Crippen LogP contribution < -0.4 is 0 Å². The van der Waals surface area contributed by atoms with Crippen molar-refractivity contribution in [2.45, 2.75) is 0 Å². The Morgan fingerprint density at radius 2 is 1.00 bits per heavy atom. The van der Waals surface area contributed by atoms with Crippen LogP contribution in [-0.2, 0) is 0 Å². The van der Waals surface area contributed by atoms with Crippen LogP contribution >= 0.6 is 0 Å². The second-order valence-corrected chi connectivity index (χ2v) is 10.3. The van der Waals surface area contributed by atoms with Crippen LogP contribution in [0.1, 0.15) is 11.0 Å². The molecule has 0 aliphatic heterocycles. The lowest BCUT2D eigenvalue weighted by molar-refractivity contribution is 0.614. The van der Waals surface area contributed by atoms with Crippen molar-refractivity contribution in [2.75, 3.05) is 0 Å². The Hall–Kier alpha value is -5.60. The highest BCUT2D eigenvalue weighted by molar-refractivity contribution is 6.21. The Bertz CT molecular complexity index is 2810. The van der Waals surface area contributed by atoms with Gasteiger partial charge >= 0.3 is 0 Å². The molecule has 0 spiro atoms.